The first-order chi connectivity index (χ1) is 12.1. The van der Waals surface area contributed by atoms with Gasteiger partial charge in [-0.3, -0.25) is 4.79 Å². The summed E-state index contributed by atoms with van der Waals surface area (Å²) >= 11 is 3.40. The number of amides is 1. The third-order valence-corrected chi connectivity index (χ3v) is 5.63. The third-order valence-electron chi connectivity index (χ3n) is 3.76. The molecular formula is C20H20N2OS2. The van der Waals surface area contributed by atoms with Crippen LogP contribution in [0.2, 0.25) is 0 Å². The number of aryl methyl sites for hydroxylation is 2. The zero-order valence-electron chi connectivity index (χ0n) is 14.3. The first kappa shape index (κ1) is 17.7. The SMILES string of the molecule is CCc1cccc(NC(=O)c2ccc(SCc3csc(C)n3)cc2)c1. The lowest BCUT2D eigenvalue weighted by molar-refractivity contribution is 0.102. The van der Waals surface area contributed by atoms with Gasteiger partial charge in [0.15, 0.2) is 0 Å². The molecule has 3 aromatic rings. The van der Waals surface area contributed by atoms with E-state index in [4.69, 9.17) is 0 Å². The highest BCUT2D eigenvalue weighted by Gasteiger charge is 2.07. The molecule has 0 spiro atoms. The van der Waals surface area contributed by atoms with Crippen LogP contribution >= 0.6 is 23.1 Å². The third kappa shape index (κ3) is 4.94. The topological polar surface area (TPSA) is 42.0 Å². The number of carbonyl (C=O) groups excluding carboxylic acids is 1. The van der Waals surface area contributed by atoms with Gasteiger partial charge in [-0.15, -0.1) is 23.1 Å². The Kier molecular flexibility index (Phi) is 5.89. The molecule has 0 saturated heterocycles. The van der Waals surface area contributed by atoms with Crippen molar-refractivity contribution < 1.29 is 4.79 Å². The van der Waals surface area contributed by atoms with Gasteiger partial charge in [0.25, 0.3) is 5.91 Å². The molecule has 5 heteroatoms. The Balaban J connectivity index is 1.60. The zero-order chi connectivity index (χ0) is 17.6. The molecule has 0 fully saturated rings. The molecule has 1 aromatic heterocycles. The number of thiazole rings is 1. The molecule has 0 aliphatic rings. The normalized spacial score (nSPS) is 10.6. The minimum Gasteiger partial charge on any atom is -0.322 e. The van der Waals surface area contributed by atoms with Crippen LogP contribution in [0, 0.1) is 6.92 Å². The maximum Gasteiger partial charge on any atom is 0.255 e. The van der Waals surface area contributed by atoms with E-state index in [0.717, 1.165) is 33.5 Å². The fraction of sp³-hybridized carbons (Fsp3) is 0.200. The molecule has 3 rings (SSSR count). The second-order valence-electron chi connectivity index (χ2n) is 5.68. The molecule has 1 amide bonds. The van der Waals surface area contributed by atoms with E-state index in [2.05, 4.69) is 28.7 Å². The first-order valence-corrected chi connectivity index (χ1v) is 10.0. The fourth-order valence-corrected chi connectivity index (χ4v) is 3.92. The molecule has 1 N–H and O–H groups in total. The van der Waals surface area contributed by atoms with Crippen LogP contribution in [0.5, 0.6) is 0 Å². The van der Waals surface area contributed by atoms with Crippen molar-refractivity contribution in [2.45, 2.75) is 30.9 Å². The van der Waals surface area contributed by atoms with E-state index in [1.807, 2.05) is 49.4 Å². The molecule has 0 saturated carbocycles. The summed E-state index contributed by atoms with van der Waals surface area (Å²) in [5.74, 6) is 0.764. The van der Waals surface area contributed by atoms with Gasteiger partial charge in [0.05, 0.1) is 10.7 Å². The van der Waals surface area contributed by atoms with Gasteiger partial charge >= 0.3 is 0 Å². The number of nitrogens with zero attached hydrogens (tertiary/aromatic N) is 1. The van der Waals surface area contributed by atoms with E-state index in [9.17, 15) is 4.79 Å². The summed E-state index contributed by atoms with van der Waals surface area (Å²) in [4.78, 5) is 18.0. The Morgan fingerprint density at radius 2 is 2.00 bits per heavy atom. The second kappa shape index (κ2) is 8.32. The number of benzene rings is 2. The number of thioether (sulfide) groups is 1. The van der Waals surface area contributed by atoms with Crippen LogP contribution < -0.4 is 5.32 Å². The van der Waals surface area contributed by atoms with Gasteiger partial charge in [0.1, 0.15) is 0 Å². The lowest BCUT2D eigenvalue weighted by atomic mass is 10.1. The summed E-state index contributed by atoms with van der Waals surface area (Å²) in [6.45, 7) is 4.12. The van der Waals surface area contributed by atoms with Crippen molar-refractivity contribution in [1.82, 2.24) is 4.98 Å². The van der Waals surface area contributed by atoms with E-state index < -0.39 is 0 Å². The van der Waals surface area contributed by atoms with Gasteiger partial charge in [-0.05, 0) is 55.3 Å². The molecule has 0 atom stereocenters. The molecule has 128 valence electrons. The van der Waals surface area contributed by atoms with Gasteiger partial charge in [-0.2, -0.15) is 0 Å². The van der Waals surface area contributed by atoms with Crippen LogP contribution in [0.1, 0.15) is 33.5 Å². The van der Waals surface area contributed by atoms with Gasteiger partial charge in [0.2, 0.25) is 0 Å². The van der Waals surface area contributed by atoms with Crippen molar-refractivity contribution in [2.24, 2.45) is 0 Å². The standard InChI is InChI=1S/C20H20N2OS2/c1-3-15-5-4-6-17(11-15)22-20(23)16-7-9-19(10-8-16)25-13-18-12-24-14(2)21-18/h4-12H,3,13H2,1-2H3,(H,22,23). The number of rotatable bonds is 6. The molecular weight excluding hydrogens is 348 g/mol. The smallest absolute Gasteiger partial charge is 0.255 e. The average molecular weight is 369 g/mol. The van der Waals surface area contributed by atoms with Crippen LogP contribution in [0.3, 0.4) is 0 Å². The Hall–Kier alpha value is -2.11. The maximum atomic E-state index is 12.4. The van der Waals surface area contributed by atoms with E-state index >= 15 is 0 Å². The summed E-state index contributed by atoms with van der Waals surface area (Å²) < 4.78 is 0. The first-order valence-electron chi connectivity index (χ1n) is 8.18. The molecule has 1 heterocycles. The number of anilines is 1. The largest absolute Gasteiger partial charge is 0.322 e. The van der Waals surface area contributed by atoms with Crippen LogP contribution in [-0.4, -0.2) is 10.9 Å². The van der Waals surface area contributed by atoms with Crippen molar-refractivity contribution >= 4 is 34.7 Å². The van der Waals surface area contributed by atoms with Crippen molar-refractivity contribution in [3.05, 3.63) is 75.7 Å². The second-order valence-corrected chi connectivity index (χ2v) is 7.79. The highest BCUT2D eigenvalue weighted by molar-refractivity contribution is 7.98. The van der Waals surface area contributed by atoms with E-state index in [-0.39, 0.29) is 5.91 Å². The molecule has 25 heavy (non-hydrogen) atoms. The van der Waals surface area contributed by atoms with Crippen molar-refractivity contribution in [3.63, 3.8) is 0 Å². The van der Waals surface area contributed by atoms with Gasteiger partial charge in [-0.1, -0.05) is 19.1 Å². The predicted octanol–water partition coefficient (Wildman–Crippen LogP) is 5.56. The zero-order valence-corrected chi connectivity index (χ0v) is 15.9. The minimum absolute atomic E-state index is 0.0834. The maximum absolute atomic E-state index is 12.4. The summed E-state index contributed by atoms with van der Waals surface area (Å²) in [6, 6.07) is 15.7. The predicted molar refractivity (Wildman–Crippen MR) is 107 cm³/mol. The summed E-state index contributed by atoms with van der Waals surface area (Å²) in [5, 5.41) is 6.14. The lowest BCUT2D eigenvalue weighted by Crippen LogP contribution is -2.11. The minimum atomic E-state index is -0.0834. The van der Waals surface area contributed by atoms with Gasteiger partial charge < -0.3 is 5.32 Å². The van der Waals surface area contributed by atoms with Crippen LogP contribution in [0.15, 0.2) is 58.8 Å². The fourth-order valence-electron chi connectivity index (χ4n) is 2.41. The Morgan fingerprint density at radius 3 is 2.68 bits per heavy atom. The summed E-state index contributed by atoms with van der Waals surface area (Å²) in [7, 11) is 0. The molecule has 0 aliphatic carbocycles. The number of carbonyl (C=O) groups is 1. The molecule has 0 radical (unpaired) electrons. The molecule has 0 bridgehead atoms. The highest BCUT2D eigenvalue weighted by atomic mass is 32.2. The summed E-state index contributed by atoms with van der Waals surface area (Å²) in [6.07, 6.45) is 0.953. The van der Waals surface area contributed by atoms with Crippen molar-refractivity contribution in [2.75, 3.05) is 5.32 Å². The van der Waals surface area contributed by atoms with Gasteiger partial charge in [0, 0.05) is 27.3 Å². The van der Waals surface area contributed by atoms with Crippen LogP contribution in [-0.2, 0) is 12.2 Å². The van der Waals surface area contributed by atoms with E-state index in [1.165, 1.54) is 5.56 Å². The highest BCUT2D eigenvalue weighted by Crippen LogP contribution is 2.24. The van der Waals surface area contributed by atoms with E-state index in [1.54, 1.807) is 23.1 Å². The number of aromatic nitrogens is 1. The molecule has 0 aliphatic heterocycles. The molecule has 3 nitrogen and oxygen atoms in total. The van der Waals surface area contributed by atoms with Crippen molar-refractivity contribution in [3.8, 4) is 0 Å². The quantitative estimate of drug-likeness (QED) is 0.579. The number of nitrogens with one attached hydrogen (secondary N) is 1. The number of hydrogen-bond acceptors (Lipinski definition) is 4. The average Bonchev–Trinajstić information content (AvgIpc) is 3.06. The monoisotopic (exact) mass is 368 g/mol. The number of hydrogen-bond donors (Lipinski definition) is 1. The van der Waals surface area contributed by atoms with Gasteiger partial charge in [-0.25, -0.2) is 4.98 Å². The molecule has 0 unspecified atom stereocenters. The van der Waals surface area contributed by atoms with Crippen molar-refractivity contribution in [1.29, 1.82) is 0 Å². The van der Waals surface area contributed by atoms with Crippen LogP contribution in [0.4, 0.5) is 5.69 Å². The lowest BCUT2D eigenvalue weighted by Gasteiger charge is -2.07. The van der Waals surface area contributed by atoms with E-state index in [0.29, 0.717) is 5.56 Å². The molecule has 2 aromatic carbocycles. The summed E-state index contributed by atoms with van der Waals surface area (Å²) in [5.41, 5.74) is 3.81. The Labute approximate surface area is 156 Å². The van der Waals surface area contributed by atoms with Crippen LogP contribution in [0.25, 0.3) is 0 Å². The Morgan fingerprint density at radius 1 is 1.20 bits per heavy atom. The Bertz CT molecular complexity index is 856.